The minimum atomic E-state index is -3.34. The number of aliphatic hydroxyl groups is 1. The molecule has 1 fully saturated rings. The predicted molar refractivity (Wildman–Crippen MR) is 106 cm³/mol. The second-order valence-corrected chi connectivity index (χ2v) is 9.81. The van der Waals surface area contributed by atoms with E-state index in [0.29, 0.717) is 41.4 Å². The van der Waals surface area contributed by atoms with Gasteiger partial charge in [0.25, 0.3) is 0 Å². The fourth-order valence-electron chi connectivity index (χ4n) is 3.36. The molecule has 1 aliphatic rings. The number of aromatic nitrogens is 3. The van der Waals surface area contributed by atoms with E-state index >= 15 is 0 Å². The number of rotatable bonds is 5. The molecular formula is C17H23ClN6O3S. The first-order valence-electron chi connectivity index (χ1n) is 8.97. The number of nitriles is 1. The second-order valence-electron chi connectivity index (χ2n) is 7.45. The van der Waals surface area contributed by atoms with Crippen LogP contribution in [-0.4, -0.2) is 63.9 Å². The van der Waals surface area contributed by atoms with Crippen molar-refractivity contribution < 1.29 is 13.5 Å². The van der Waals surface area contributed by atoms with E-state index in [-0.39, 0.29) is 18.5 Å². The number of sulfonamides is 1. The standard InChI is InChI=1S/C17H23ClN6O3S/c1-10(2)6-13-11(7-19)16(18)14-8-20-17(22-24(13)14)21-12-4-5-23(9-15(12)25)28(3,26)27/h8,10,12,15,25H,4-6,9H2,1-3H3,(H,21,22)/t12-,15-/m1/s1. The average Bonchev–Trinajstić information content (AvgIpc) is 2.86. The summed E-state index contributed by atoms with van der Waals surface area (Å²) in [6, 6.07) is 1.76. The molecule has 2 aromatic rings. The van der Waals surface area contributed by atoms with Gasteiger partial charge in [0.05, 0.1) is 40.9 Å². The molecule has 0 unspecified atom stereocenters. The number of halogens is 1. The lowest BCUT2D eigenvalue weighted by Crippen LogP contribution is -2.51. The highest BCUT2D eigenvalue weighted by Gasteiger charge is 2.32. The van der Waals surface area contributed by atoms with Crippen molar-refractivity contribution in [1.82, 2.24) is 18.9 Å². The summed E-state index contributed by atoms with van der Waals surface area (Å²) in [4.78, 5) is 4.25. The summed E-state index contributed by atoms with van der Waals surface area (Å²) in [5.74, 6) is 0.584. The van der Waals surface area contributed by atoms with Gasteiger partial charge in [0.2, 0.25) is 16.0 Å². The third kappa shape index (κ3) is 4.07. The molecule has 11 heteroatoms. The number of piperidine rings is 1. The lowest BCUT2D eigenvalue weighted by Gasteiger charge is -2.34. The minimum absolute atomic E-state index is 0.0191. The van der Waals surface area contributed by atoms with E-state index in [0.717, 1.165) is 11.9 Å². The number of fused-ring (bicyclic) bond motifs is 1. The Hall–Kier alpha value is -1.93. The van der Waals surface area contributed by atoms with E-state index in [1.54, 1.807) is 10.7 Å². The molecule has 3 rings (SSSR count). The molecule has 0 aromatic carbocycles. The largest absolute Gasteiger partial charge is 0.390 e. The lowest BCUT2D eigenvalue weighted by molar-refractivity contribution is 0.0950. The van der Waals surface area contributed by atoms with Gasteiger partial charge in [-0.05, 0) is 18.8 Å². The molecule has 28 heavy (non-hydrogen) atoms. The third-order valence-electron chi connectivity index (χ3n) is 4.76. The Balaban J connectivity index is 1.88. The van der Waals surface area contributed by atoms with Gasteiger partial charge in [0.1, 0.15) is 11.6 Å². The molecule has 3 heterocycles. The van der Waals surface area contributed by atoms with Crippen LogP contribution in [0.5, 0.6) is 0 Å². The highest BCUT2D eigenvalue weighted by molar-refractivity contribution is 7.88. The van der Waals surface area contributed by atoms with Crippen molar-refractivity contribution in [3.05, 3.63) is 22.5 Å². The van der Waals surface area contributed by atoms with Crippen LogP contribution >= 0.6 is 11.6 Å². The zero-order chi connectivity index (χ0) is 20.6. The van der Waals surface area contributed by atoms with Crippen LogP contribution in [0.4, 0.5) is 5.95 Å². The summed E-state index contributed by atoms with van der Waals surface area (Å²) in [5, 5.41) is 27.7. The van der Waals surface area contributed by atoms with Gasteiger partial charge >= 0.3 is 0 Å². The Labute approximate surface area is 169 Å². The molecule has 0 saturated carbocycles. The molecule has 0 spiro atoms. The van der Waals surface area contributed by atoms with Crippen LogP contribution in [0.25, 0.3) is 5.52 Å². The van der Waals surface area contributed by atoms with Crippen LogP contribution in [-0.2, 0) is 16.4 Å². The highest BCUT2D eigenvalue weighted by Crippen LogP contribution is 2.29. The van der Waals surface area contributed by atoms with Crippen molar-refractivity contribution in [2.75, 3.05) is 24.7 Å². The summed E-state index contributed by atoms with van der Waals surface area (Å²) in [5.41, 5.74) is 1.66. The summed E-state index contributed by atoms with van der Waals surface area (Å²) in [7, 11) is -3.34. The molecule has 0 aliphatic carbocycles. The van der Waals surface area contributed by atoms with E-state index in [2.05, 4.69) is 21.5 Å². The first kappa shape index (κ1) is 20.8. The normalized spacial score (nSPS) is 21.2. The number of β-amino-alcohol motifs (C(OH)–C–C–N with tert-alkyl or cyclic N) is 1. The van der Waals surface area contributed by atoms with Gasteiger partial charge in [-0.25, -0.2) is 17.9 Å². The monoisotopic (exact) mass is 426 g/mol. The van der Waals surface area contributed by atoms with Gasteiger partial charge in [-0.3, -0.25) is 0 Å². The summed E-state index contributed by atoms with van der Waals surface area (Å²) < 4.78 is 26.2. The Kier molecular flexibility index (Phi) is 5.82. The maximum atomic E-state index is 11.7. The Bertz CT molecular complexity index is 1030. The van der Waals surface area contributed by atoms with Crippen molar-refractivity contribution in [3.63, 3.8) is 0 Å². The quantitative estimate of drug-likeness (QED) is 0.737. The molecular weight excluding hydrogens is 404 g/mol. The highest BCUT2D eigenvalue weighted by atomic mass is 35.5. The van der Waals surface area contributed by atoms with Gasteiger partial charge in [-0.2, -0.15) is 9.57 Å². The van der Waals surface area contributed by atoms with Crippen molar-refractivity contribution in [2.24, 2.45) is 5.92 Å². The Morgan fingerprint density at radius 2 is 2.21 bits per heavy atom. The van der Waals surface area contributed by atoms with Gasteiger partial charge in [0.15, 0.2) is 0 Å². The van der Waals surface area contributed by atoms with Crippen molar-refractivity contribution >= 4 is 33.1 Å². The van der Waals surface area contributed by atoms with Crippen LogP contribution in [0, 0.1) is 17.2 Å². The molecule has 2 N–H and O–H groups in total. The van der Waals surface area contributed by atoms with Gasteiger partial charge < -0.3 is 10.4 Å². The van der Waals surface area contributed by atoms with E-state index in [1.165, 1.54) is 4.31 Å². The number of anilines is 1. The summed E-state index contributed by atoms with van der Waals surface area (Å²) in [6.45, 7) is 4.41. The molecule has 1 saturated heterocycles. The number of aliphatic hydroxyl groups excluding tert-OH is 1. The SMILES string of the molecule is CC(C)Cc1c(C#N)c(Cl)c2cnc(N[C@@H]3CCN(S(C)(=O)=O)C[C@H]3O)nn12. The fraction of sp³-hybridized carbons (Fsp3) is 0.588. The van der Waals surface area contributed by atoms with Gasteiger partial charge in [-0.1, -0.05) is 25.4 Å². The predicted octanol–water partition coefficient (Wildman–Crippen LogP) is 1.26. The molecule has 0 radical (unpaired) electrons. The van der Waals surface area contributed by atoms with Crippen LogP contribution in [0.1, 0.15) is 31.5 Å². The van der Waals surface area contributed by atoms with E-state index in [4.69, 9.17) is 11.6 Å². The third-order valence-corrected chi connectivity index (χ3v) is 6.41. The molecule has 0 amide bonds. The van der Waals surface area contributed by atoms with E-state index in [1.807, 2.05) is 13.8 Å². The minimum Gasteiger partial charge on any atom is -0.390 e. The van der Waals surface area contributed by atoms with Crippen molar-refractivity contribution in [1.29, 1.82) is 5.26 Å². The first-order chi connectivity index (χ1) is 13.1. The Morgan fingerprint density at radius 1 is 1.50 bits per heavy atom. The maximum absolute atomic E-state index is 11.7. The maximum Gasteiger partial charge on any atom is 0.241 e. The molecule has 152 valence electrons. The van der Waals surface area contributed by atoms with Crippen LogP contribution in [0.2, 0.25) is 5.02 Å². The lowest BCUT2D eigenvalue weighted by atomic mass is 10.0. The van der Waals surface area contributed by atoms with E-state index < -0.39 is 16.1 Å². The number of nitrogens with zero attached hydrogens (tertiary/aromatic N) is 5. The van der Waals surface area contributed by atoms with Crippen molar-refractivity contribution in [2.45, 2.75) is 38.8 Å². The second kappa shape index (κ2) is 7.83. The average molecular weight is 427 g/mol. The van der Waals surface area contributed by atoms with Gasteiger partial charge in [-0.15, -0.1) is 5.10 Å². The van der Waals surface area contributed by atoms with Crippen LogP contribution in [0.3, 0.4) is 0 Å². The number of nitrogens with one attached hydrogen (secondary N) is 1. The number of hydrogen-bond acceptors (Lipinski definition) is 7. The van der Waals surface area contributed by atoms with Crippen molar-refractivity contribution in [3.8, 4) is 6.07 Å². The molecule has 9 nitrogen and oxygen atoms in total. The molecule has 2 aromatic heterocycles. The van der Waals surface area contributed by atoms with E-state index in [9.17, 15) is 18.8 Å². The first-order valence-corrected chi connectivity index (χ1v) is 11.2. The molecule has 0 bridgehead atoms. The van der Waals surface area contributed by atoms with Crippen LogP contribution in [0.15, 0.2) is 6.20 Å². The van der Waals surface area contributed by atoms with Gasteiger partial charge in [0, 0.05) is 13.1 Å². The fourth-order valence-corrected chi connectivity index (χ4v) is 4.50. The molecule has 2 atom stereocenters. The number of hydrogen-bond donors (Lipinski definition) is 2. The summed E-state index contributed by atoms with van der Waals surface area (Å²) in [6.07, 6.45) is 2.83. The summed E-state index contributed by atoms with van der Waals surface area (Å²) >= 11 is 6.33. The molecule has 1 aliphatic heterocycles. The smallest absolute Gasteiger partial charge is 0.241 e. The van der Waals surface area contributed by atoms with Crippen LogP contribution < -0.4 is 5.32 Å². The Morgan fingerprint density at radius 3 is 2.79 bits per heavy atom. The zero-order valence-corrected chi connectivity index (χ0v) is 17.5. The topological polar surface area (TPSA) is 124 Å². The zero-order valence-electron chi connectivity index (χ0n) is 15.9.